The van der Waals surface area contributed by atoms with Crippen molar-refractivity contribution in [2.75, 3.05) is 39.5 Å². The highest BCUT2D eigenvalue weighted by molar-refractivity contribution is 5.87. The topological polar surface area (TPSA) is 82.8 Å². The minimum absolute atomic E-state index is 0.121. The molecule has 1 amide bonds. The number of nitrogens with two attached hydrogens (primary N) is 1. The highest BCUT2D eigenvalue weighted by Gasteiger charge is 2.15. The van der Waals surface area contributed by atoms with Gasteiger partial charge in [0, 0.05) is 25.6 Å². The molecule has 0 aliphatic heterocycles. The van der Waals surface area contributed by atoms with Crippen molar-refractivity contribution in [1.29, 1.82) is 0 Å². The van der Waals surface area contributed by atoms with Gasteiger partial charge in [-0.25, -0.2) is 0 Å². The molecule has 3 N–H and O–H groups in total. The molecule has 142 valence electrons. The first kappa shape index (κ1) is 21.4. The molecule has 0 atom stereocenters. The summed E-state index contributed by atoms with van der Waals surface area (Å²) in [6.07, 6.45) is 9.11. The number of rotatable bonds is 11. The number of carbonyl (C=O) groups excluding carboxylic acids is 1. The molecule has 1 aliphatic carbocycles. The summed E-state index contributed by atoms with van der Waals surface area (Å²) < 4.78 is 16.4. The Morgan fingerprint density at radius 3 is 2.48 bits per heavy atom. The van der Waals surface area contributed by atoms with E-state index in [4.69, 9.17) is 19.9 Å². The third kappa shape index (κ3) is 11.5. The van der Waals surface area contributed by atoms with Crippen LogP contribution in [0.3, 0.4) is 0 Å². The van der Waals surface area contributed by atoms with Crippen molar-refractivity contribution in [2.45, 2.75) is 39.2 Å². The van der Waals surface area contributed by atoms with E-state index >= 15 is 0 Å². The predicted molar refractivity (Wildman–Crippen MR) is 99.1 cm³/mol. The van der Waals surface area contributed by atoms with E-state index in [2.05, 4.69) is 5.32 Å². The lowest BCUT2D eigenvalue weighted by molar-refractivity contribution is -0.116. The van der Waals surface area contributed by atoms with E-state index < -0.39 is 0 Å². The first-order valence-corrected chi connectivity index (χ1v) is 8.81. The van der Waals surface area contributed by atoms with Crippen LogP contribution in [0, 0.1) is 0 Å². The highest BCUT2D eigenvalue weighted by atomic mass is 16.5. The molecule has 6 heteroatoms. The van der Waals surface area contributed by atoms with E-state index in [-0.39, 0.29) is 11.5 Å². The fourth-order valence-electron chi connectivity index (χ4n) is 2.14. The molecule has 0 saturated heterocycles. The summed E-state index contributed by atoms with van der Waals surface area (Å²) in [5, 5.41) is 2.79. The molecule has 25 heavy (non-hydrogen) atoms. The Hall–Kier alpha value is -1.63. The fraction of sp³-hybridized carbons (Fsp3) is 0.632. The zero-order valence-corrected chi connectivity index (χ0v) is 15.7. The van der Waals surface area contributed by atoms with Gasteiger partial charge in [-0.2, -0.15) is 0 Å². The minimum Gasteiger partial charge on any atom is -0.492 e. The lowest BCUT2D eigenvalue weighted by Crippen LogP contribution is -2.26. The summed E-state index contributed by atoms with van der Waals surface area (Å²) in [6.45, 7) is 9.13. The monoisotopic (exact) mass is 352 g/mol. The Morgan fingerprint density at radius 1 is 1.16 bits per heavy atom. The van der Waals surface area contributed by atoms with Crippen LogP contribution in [0.15, 0.2) is 35.6 Å². The number of amides is 1. The van der Waals surface area contributed by atoms with Gasteiger partial charge in [-0.05, 0) is 38.8 Å². The van der Waals surface area contributed by atoms with Crippen molar-refractivity contribution >= 4 is 5.91 Å². The molecular formula is C19H32N2O4. The molecule has 0 unspecified atom stereocenters. The molecule has 0 radical (unpaired) electrons. The molecule has 1 rings (SSSR count). The van der Waals surface area contributed by atoms with Crippen LogP contribution in [-0.2, 0) is 19.0 Å². The standard InChI is InChI=1S/C19H32N2O4/c1-19(2,3)25-17-7-4-16(5-8-17)6-9-18(22)21-11-13-24-15-14-23-12-10-20/h4,6-7,9H,5,8,10-15,20H2,1-3H3,(H,21,22)/b9-6+. The summed E-state index contributed by atoms with van der Waals surface area (Å²) in [4.78, 5) is 11.8. The van der Waals surface area contributed by atoms with E-state index in [0.29, 0.717) is 39.5 Å². The van der Waals surface area contributed by atoms with Gasteiger partial charge in [0.15, 0.2) is 0 Å². The summed E-state index contributed by atoms with van der Waals surface area (Å²) >= 11 is 0. The maximum atomic E-state index is 11.8. The van der Waals surface area contributed by atoms with Crippen molar-refractivity contribution in [3.63, 3.8) is 0 Å². The van der Waals surface area contributed by atoms with Crippen molar-refractivity contribution in [1.82, 2.24) is 5.32 Å². The summed E-state index contributed by atoms with van der Waals surface area (Å²) in [5.41, 5.74) is 6.24. The average Bonchev–Trinajstić information content (AvgIpc) is 2.55. The number of nitrogens with one attached hydrogen (secondary N) is 1. The summed E-state index contributed by atoms with van der Waals surface area (Å²) in [5.74, 6) is 0.867. The molecule has 0 heterocycles. The van der Waals surface area contributed by atoms with Gasteiger partial charge in [0.25, 0.3) is 0 Å². The van der Waals surface area contributed by atoms with Gasteiger partial charge in [0.1, 0.15) is 5.60 Å². The second-order valence-corrected chi connectivity index (χ2v) is 6.73. The number of hydrogen-bond donors (Lipinski definition) is 2. The van der Waals surface area contributed by atoms with Crippen LogP contribution in [-0.4, -0.2) is 51.0 Å². The zero-order chi connectivity index (χ0) is 18.5. The predicted octanol–water partition coefficient (Wildman–Crippen LogP) is 2.07. The molecular weight excluding hydrogens is 320 g/mol. The van der Waals surface area contributed by atoms with E-state index in [9.17, 15) is 4.79 Å². The Bertz CT molecular complexity index is 490. The van der Waals surface area contributed by atoms with Crippen LogP contribution in [0.5, 0.6) is 0 Å². The Kier molecular flexibility index (Phi) is 10.1. The largest absolute Gasteiger partial charge is 0.492 e. The number of hydrogen-bond acceptors (Lipinski definition) is 5. The Balaban J connectivity index is 2.18. The molecule has 0 aromatic rings. The van der Waals surface area contributed by atoms with Crippen molar-refractivity contribution in [3.05, 3.63) is 35.6 Å². The minimum atomic E-state index is -0.175. The van der Waals surface area contributed by atoms with Crippen LogP contribution < -0.4 is 11.1 Å². The molecule has 0 aromatic heterocycles. The first-order valence-electron chi connectivity index (χ1n) is 8.81. The number of allylic oxidation sites excluding steroid dienone is 5. The molecule has 6 nitrogen and oxygen atoms in total. The lowest BCUT2D eigenvalue weighted by atomic mass is 10.0. The highest BCUT2D eigenvalue weighted by Crippen LogP contribution is 2.24. The molecule has 0 fully saturated rings. The summed E-state index contributed by atoms with van der Waals surface area (Å²) in [7, 11) is 0. The van der Waals surface area contributed by atoms with Gasteiger partial charge in [-0.1, -0.05) is 12.2 Å². The first-order chi connectivity index (χ1) is 11.9. The Morgan fingerprint density at radius 2 is 1.88 bits per heavy atom. The van der Waals surface area contributed by atoms with Crippen LogP contribution >= 0.6 is 0 Å². The third-order valence-electron chi connectivity index (χ3n) is 3.21. The van der Waals surface area contributed by atoms with E-state index in [1.807, 2.05) is 39.0 Å². The lowest BCUT2D eigenvalue weighted by Gasteiger charge is -2.25. The SMILES string of the molecule is CC(C)(C)OC1=CC=C(/C=C/C(=O)NCCOCCOCCN)CC1. The molecule has 0 aromatic carbocycles. The maximum absolute atomic E-state index is 11.8. The fourth-order valence-corrected chi connectivity index (χ4v) is 2.14. The normalized spacial score (nSPS) is 15.0. The number of carbonyl (C=O) groups is 1. The number of ether oxygens (including phenoxy) is 3. The summed E-state index contributed by atoms with van der Waals surface area (Å²) in [6, 6.07) is 0. The zero-order valence-electron chi connectivity index (χ0n) is 15.7. The quantitative estimate of drug-likeness (QED) is 0.439. The molecule has 0 saturated carbocycles. The second kappa shape index (κ2) is 11.8. The van der Waals surface area contributed by atoms with Gasteiger partial charge < -0.3 is 25.3 Å². The van der Waals surface area contributed by atoms with Crippen LogP contribution in [0.4, 0.5) is 0 Å². The van der Waals surface area contributed by atoms with Crippen molar-refractivity contribution in [2.24, 2.45) is 5.73 Å². The molecule has 0 bridgehead atoms. The van der Waals surface area contributed by atoms with Crippen LogP contribution in [0.2, 0.25) is 0 Å². The smallest absolute Gasteiger partial charge is 0.244 e. The van der Waals surface area contributed by atoms with E-state index in [1.54, 1.807) is 6.08 Å². The van der Waals surface area contributed by atoms with Crippen molar-refractivity contribution in [3.8, 4) is 0 Å². The van der Waals surface area contributed by atoms with E-state index in [0.717, 1.165) is 24.2 Å². The van der Waals surface area contributed by atoms with Gasteiger partial charge in [-0.15, -0.1) is 0 Å². The van der Waals surface area contributed by atoms with Crippen LogP contribution in [0.25, 0.3) is 0 Å². The van der Waals surface area contributed by atoms with Crippen molar-refractivity contribution < 1.29 is 19.0 Å². The van der Waals surface area contributed by atoms with Gasteiger partial charge >= 0.3 is 0 Å². The van der Waals surface area contributed by atoms with Gasteiger partial charge in [-0.3, -0.25) is 4.79 Å². The average molecular weight is 352 g/mol. The van der Waals surface area contributed by atoms with Gasteiger partial charge in [0.05, 0.1) is 32.2 Å². The second-order valence-electron chi connectivity index (χ2n) is 6.73. The molecule has 1 aliphatic rings. The maximum Gasteiger partial charge on any atom is 0.244 e. The van der Waals surface area contributed by atoms with Crippen LogP contribution in [0.1, 0.15) is 33.6 Å². The Labute approximate surface area is 151 Å². The third-order valence-corrected chi connectivity index (χ3v) is 3.21. The van der Waals surface area contributed by atoms with Gasteiger partial charge in [0.2, 0.25) is 5.91 Å². The van der Waals surface area contributed by atoms with E-state index in [1.165, 1.54) is 0 Å². The molecule has 0 spiro atoms.